The predicted octanol–water partition coefficient (Wildman–Crippen LogP) is 0.0598. The first-order valence-electron chi connectivity index (χ1n) is 5.73. The highest BCUT2D eigenvalue weighted by Crippen LogP contribution is 2.22. The second kappa shape index (κ2) is 5.15. The Morgan fingerprint density at radius 2 is 1.82 bits per heavy atom. The first-order valence-corrected chi connectivity index (χ1v) is 5.73. The maximum absolute atomic E-state index is 9.42. The fourth-order valence-electron chi connectivity index (χ4n) is 2.04. The van der Waals surface area contributed by atoms with Crippen LogP contribution in [0, 0.1) is 0 Å². The van der Waals surface area contributed by atoms with E-state index in [0.717, 1.165) is 25.7 Å². The van der Waals surface area contributed by atoms with E-state index in [0.29, 0.717) is 17.7 Å². The number of nitrogens with zero attached hydrogens (tertiary/aromatic N) is 2. The molecule has 1 aromatic heterocycles. The monoisotopic (exact) mass is 238 g/mol. The highest BCUT2D eigenvalue weighted by molar-refractivity contribution is 5.50. The normalized spacial score (nSPS) is 24.4. The Labute approximate surface area is 99.6 Å². The minimum Gasteiger partial charge on any atom is -0.393 e. The summed E-state index contributed by atoms with van der Waals surface area (Å²) in [6, 6.07) is 2.03. The van der Waals surface area contributed by atoms with Crippen LogP contribution in [0.3, 0.4) is 0 Å². The third-order valence-electron chi connectivity index (χ3n) is 2.94. The largest absolute Gasteiger partial charge is 0.393 e. The van der Waals surface area contributed by atoms with Crippen LogP contribution >= 0.6 is 0 Å². The smallest absolute Gasteiger partial charge is 0.223 e. The average molecular weight is 238 g/mol. The van der Waals surface area contributed by atoms with Crippen molar-refractivity contribution in [3.05, 3.63) is 6.07 Å². The van der Waals surface area contributed by atoms with Crippen molar-refractivity contribution < 1.29 is 5.11 Å². The van der Waals surface area contributed by atoms with Gasteiger partial charge in [-0.05, 0) is 25.7 Å². The van der Waals surface area contributed by atoms with E-state index in [-0.39, 0.29) is 12.1 Å². The van der Waals surface area contributed by atoms with Gasteiger partial charge < -0.3 is 21.6 Å². The minimum absolute atomic E-state index is 0.162. The van der Waals surface area contributed by atoms with Crippen molar-refractivity contribution in [2.45, 2.75) is 37.8 Å². The molecule has 1 saturated carbocycles. The number of nitrogens with two attached hydrogens (primary N) is 2. The number of aliphatic hydroxyl groups is 1. The SMILES string of the molecule is NNc1cc(NC2CCC(O)CC2)nc(N)n1. The third-order valence-corrected chi connectivity index (χ3v) is 2.94. The van der Waals surface area contributed by atoms with Crippen molar-refractivity contribution in [3.8, 4) is 0 Å². The summed E-state index contributed by atoms with van der Waals surface area (Å²) in [5.74, 6) is 6.60. The van der Waals surface area contributed by atoms with E-state index in [1.807, 2.05) is 0 Å². The summed E-state index contributed by atoms with van der Waals surface area (Å²) < 4.78 is 0. The summed E-state index contributed by atoms with van der Waals surface area (Å²) in [5, 5.41) is 12.7. The molecule has 0 amide bonds. The van der Waals surface area contributed by atoms with Crippen LogP contribution < -0.4 is 22.3 Å². The van der Waals surface area contributed by atoms with E-state index >= 15 is 0 Å². The fourth-order valence-corrected chi connectivity index (χ4v) is 2.04. The zero-order valence-electron chi connectivity index (χ0n) is 9.56. The van der Waals surface area contributed by atoms with E-state index in [9.17, 15) is 5.11 Å². The van der Waals surface area contributed by atoms with Crippen molar-refractivity contribution >= 4 is 17.6 Å². The molecule has 0 atom stereocenters. The number of hydrogen-bond acceptors (Lipinski definition) is 7. The quantitative estimate of drug-likeness (QED) is 0.373. The molecule has 94 valence electrons. The number of hydrazine groups is 1. The van der Waals surface area contributed by atoms with Gasteiger partial charge in [-0.15, -0.1) is 0 Å². The Bertz CT molecular complexity index is 377. The van der Waals surface area contributed by atoms with Gasteiger partial charge in [0.25, 0.3) is 0 Å². The van der Waals surface area contributed by atoms with Gasteiger partial charge in [0.15, 0.2) is 0 Å². The zero-order chi connectivity index (χ0) is 12.3. The van der Waals surface area contributed by atoms with Gasteiger partial charge in [0.2, 0.25) is 5.95 Å². The maximum Gasteiger partial charge on any atom is 0.223 e. The number of anilines is 3. The van der Waals surface area contributed by atoms with Crippen LogP contribution in [0.2, 0.25) is 0 Å². The molecular weight excluding hydrogens is 220 g/mol. The second-order valence-electron chi connectivity index (χ2n) is 4.29. The van der Waals surface area contributed by atoms with Crippen LogP contribution in [0.5, 0.6) is 0 Å². The molecule has 2 rings (SSSR count). The third kappa shape index (κ3) is 3.18. The van der Waals surface area contributed by atoms with Crippen molar-refractivity contribution in [3.63, 3.8) is 0 Å². The van der Waals surface area contributed by atoms with Gasteiger partial charge in [0, 0.05) is 12.1 Å². The summed E-state index contributed by atoms with van der Waals surface area (Å²) in [5.41, 5.74) is 8.01. The highest BCUT2D eigenvalue weighted by Gasteiger charge is 2.19. The molecule has 0 aliphatic heterocycles. The summed E-state index contributed by atoms with van der Waals surface area (Å²) in [7, 11) is 0. The van der Waals surface area contributed by atoms with E-state index in [1.54, 1.807) is 6.07 Å². The second-order valence-corrected chi connectivity index (χ2v) is 4.29. The maximum atomic E-state index is 9.42. The Hall–Kier alpha value is -1.60. The van der Waals surface area contributed by atoms with E-state index in [2.05, 4.69) is 20.7 Å². The number of hydrogen-bond donors (Lipinski definition) is 5. The van der Waals surface area contributed by atoms with E-state index in [1.165, 1.54) is 0 Å². The van der Waals surface area contributed by atoms with Gasteiger partial charge in [-0.2, -0.15) is 9.97 Å². The van der Waals surface area contributed by atoms with Crippen LogP contribution in [0.25, 0.3) is 0 Å². The average Bonchev–Trinajstić information content (AvgIpc) is 2.31. The standard InChI is InChI=1S/C10H18N6O/c11-10-14-8(5-9(15-10)16-12)13-6-1-3-7(17)4-2-6/h5-7,17H,1-4,12H2,(H4,11,13,14,15,16). The van der Waals surface area contributed by atoms with Crippen molar-refractivity contribution in [1.82, 2.24) is 9.97 Å². The summed E-state index contributed by atoms with van der Waals surface area (Å²) >= 11 is 0. The summed E-state index contributed by atoms with van der Waals surface area (Å²) in [6.07, 6.45) is 3.33. The van der Waals surface area contributed by atoms with Crippen LogP contribution in [0.15, 0.2) is 6.07 Å². The van der Waals surface area contributed by atoms with Gasteiger partial charge in [-0.25, -0.2) is 5.84 Å². The summed E-state index contributed by atoms with van der Waals surface area (Å²) in [6.45, 7) is 0. The fraction of sp³-hybridized carbons (Fsp3) is 0.600. The topological polar surface area (TPSA) is 122 Å². The Balaban J connectivity index is 2.00. The molecule has 0 radical (unpaired) electrons. The van der Waals surface area contributed by atoms with Crippen molar-refractivity contribution in [1.29, 1.82) is 0 Å². The first kappa shape index (κ1) is 11.9. The van der Waals surface area contributed by atoms with E-state index in [4.69, 9.17) is 11.6 Å². The lowest BCUT2D eigenvalue weighted by Gasteiger charge is -2.26. The number of nitrogen functional groups attached to an aromatic ring is 2. The molecule has 1 aliphatic carbocycles. The van der Waals surface area contributed by atoms with Crippen LogP contribution in [-0.2, 0) is 0 Å². The number of nitrogens with one attached hydrogen (secondary N) is 2. The number of rotatable bonds is 3. The summed E-state index contributed by atoms with van der Waals surface area (Å²) in [4.78, 5) is 8.00. The molecule has 1 heterocycles. The Morgan fingerprint density at radius 1 is 1.18 bits per heavy atom. The molecule has 0 unspecified atom stereocenters. The van der Waals surface area contributed by atoms with Crippen LogP contribution in [-0.4, -0.2) is 27.2 Å². The molecule has 7 nitrogen and oxygen atoms in total. The molecule has 1 aromatic rings. The van der Waals surface area contributed by atoms with Crippen molar-refractivity contribution in [2.75, 3.05) is 16.5 Å². The molecule has 0 spiro atoms. The van der Waals surface area contributed by atoms with Crippen molar-refractivity contribution in [2.24, 2.45) is 5.84 Å². The van der Waals surface area contributed by atoms with Crippen LogP contribution in [0.4, 0.5) is 17.6 Å². The number of aromatic nitrogens is 2. The highest BCUT2D eigenvalue weighted by atomic mass is 16.3. The van der Waals surface area contributed by atoms with Crippen LogP contribution in [0.1, 0.15) is 25.7 Å². The lowest BCUT2D eigenvalue weighted by atomic mass is 9.93. The van der Waals surface area contributed by atoms with Gasteiger partial charge in [-0.3, -0.25) is 0 Å². The number of aliphatic hydroxyl groups excluding tert-OH is 1. The molecule has 7 N–H and O–H groups in total. The Morgan fingerprint density at radius 3 is 2.47 bits per heavy atom. The zero-order valence-corrected chi connectivity index (χ0v) is 9.56. The molecule has 17 heavy (non-hydrogen) atoms. The van der Waals surface area contributed by atoms with E-state index < -0.39 is 0 Å². The van der Waals surface area contributed by atoms with Gasteiger partial charge in [0.1, 0.15) is 11.6 Å². The molecule has 0 aromatic carbocycles. The minimum atomic E-state index is -0.162. The molecule has 1 aliphatic rings. The molecule has 0 bridgehead atoms. The van der Waals surface area contributed by atoms with Gasteiger partial charge in [0.05, 0.1) is 6.10 Å². The first-order chi connectivity index (χ1) is 8.17. The predicted molar refractivity (Wildman–Crippen MR) is 66.1 cm³/mol. The Kier molecular flexibility index (Phi) is 3.60. The van der Waals surface area contributed by atoms with Gasteiger partial charge >= 0.3 is 0 Å². The lowest BCUT2D eigenvalue weighted by Crippen LogP contribution is -2.28. The molecular formula is C10H18N6O. The van der Waals surface area contributed by atoms with Gasteiger partial charge in [-0.1, -0.05) is 0 Å². The lowest BCUT2D eigenvalue weighted by molar-refractivity contribution is 0.126. The molecule has 1 fully saturated rings. The molecule has 7 heteroatoms. The molecule has 0 saturated heterocycles.